The maximum atomic E-state index is 13.0. The van der Waals surface area contributed by atoms with Crippen molar-refractivity contribution < 1.29 is 13.2 Å². The average molecular weight is 463 g/mol. The van der Waals surface area contributed by atoms with E-state index in [4.69, 9.17) is 23.2 Å². The molecule has 0 aliphatic carbocycles. The van der Waals surface area contributed by atoms with E-state index in [2.05, 4.69) is 5.32 Å². The fraction of sp³-hybridized carbons (Fsp3) is 0.136. The summed E-state index contributed by atoms with van der Waals surface area (Å²) in [4.78, 5) is 12.6. The van der Waals surface area contributed by atoms with E-state index in [9.17, 15) is 13.2 Å². The van der Waals surface area contributed by atoms with Gasteiger partial charge in [0, 0.05) is 25.2 Å². The van der Waals surface area contributed by atoms with E-state index in [1.807, 2.05) is 36.4 Å². The molecular formula is C22H20Cl2N2O3S. The van der Waals surface area contributed by atoms with Crippen LogP contribution in [0, 0.1) is 0 Å². The molecule has 1 amide bonds. The molecule has 156 valence electrons. The molecule has 0 aliphatic heterocycles. The molecule has 1 N–H and O–H groups in total. The van der Waals surface area contributed by atoms with Gasteiger partial charge in [-0.05, 0) is 41.5 Å². The second kappa shape index (κ2) is 9.62. The first kappa shape index (κ1) is 22.3. The number of benzene rings is 3. The van der Waals surface area contributed by atoms with Gasteiger partial charge in [-0.2, -0.15) is 4.31 Å². The van der Waals surface area contributed by atoms with Crippen LogP contribution >= 0.6 is 23.2 Å². The van der Waals surface area contributed by atoms with Gasteiger partial charge in [-0.1, -0.05) is 65.7 Å². The fourth-order valence-electron chi connectivity index (χ4n) is 2.87. The van der Waals surface area contributed by atoms with Crippen LogP contribution in [0.1, 0.15) is 21.5 Å². The minimum atomic E-state index is -3.81. The number of amides is 1. The van der Waals surface area contributed by atoms with Crippen LogP contribution in [-0.2, 0) is 23.1 Å². The summed E-state index contributed by atoms with van der Waals surface area (Å²) in [5.74, 6) is -0.470. The Labute approximate surface area is 186 Å². The zero-order valence-electron chi connectivity index (χ0n) is 16.2. The highest BCUT2D eigenvalue weighted by molar-refractivity contribution is 7.89. The van der Waals surface area contributed by atoms with Crippen LogP contribution < -0.4 is 5.32 Å². The molecule has 5 nitrogen and oxygen atoms in total. The van der Waals surface area contributed by atoms with Crippen molar-refractivity contribution in [3.05, 3.63) is 99.5 Å². The van der Waals surface area contributed by atoms with Gasteiger partial charge < -0.3 is 5.32 Å². The number of hydrogen-bond acceptors (Lipinski definition) is 3. The number of nitrogens with one attached hydrogen (secondary N) is 1. The maximum absolute atomic E-state index is 13.0. The van der Waals surface area contributed by atoms with Crippen molar-refractivity contribution in [3.8, 4) is 0 Å². The van der Waals surface area contributed by atoms with Crippen LogP contribution in [0.3, 0.4) is 0 Å². The molecule has 0 unspecified atom stereocenters. The van der Waals surface area contributed by atoms with Gasteiger partial charge in [-0.3, -0.25) is 4.79 Å². The minimum Gasteiger partial charge on any atom is -0.348 e. The summed E-state index contributed by atoms with van der Waals surface area (Å²) >= 11 is 12.1. The van der Waals surface area contributed by atoms with Crippen LogP contribution in [0.25, 0.3) is 0 Å². The first-order chi connectivity index (χ1) is 14.3. The van der Waals surface area contributed by atoms with Crippen LogP contribution in [0.5, 0.6) is 0 Å². The molecular weight excluding hydrogens is 443 g/mol. The van der Waals surface area contributed by atoms with E-state index in [-0.39, 0.29) is 28.6 Å². The number of carbonyl (C=O) groups is 1. The van der Waals surface area contributed by atoms with Crippen LogP contribution in [-0.4, -0.2) is 25.7 Å². The van der Waals surface area contributed by atoms with E-state index in [1.54, 1.807) is 18.2 Å². The van der Waals surface area contributed by atoms with Crippen molar-refractivity contribution in [1.29, 1.82) is 0 Å². The quantitative estimate of drug-likeness (QED) is 0.550. The van der Waals surface area contributed by atoms with Gasteiger partial charge in [-0.15, -0.1) is 0 Å². The van der Waals surface area contributed by atoms with E-state index >= 15 is 0 Å². The highest BCUT2D eigenvalue weighted by Gasteiger charge is 2.23. The average Bonchev–Trinajstić information content (AvgIpc) is 2.73. The Balaban J connectivity index is 1.78. The van der Waals surface area contributed by atoms with Gasteiger partial charge in [0.1, 0.15) is 0 Å². The van der Waals surface area contributed by atoms with E-state index in [0.717, 1.165) is 11.1 Å². The van der Waals surface area contributed by atoms with E-state index in [0.29, 0.717) is 5.02 Å². The second-order valence-corrected chi connectivity index (χ2v) is 9.59. The lowest BCUT2D eigenvalue weighted by molar-refractivity contribution is 0.0951. The van der Waals surface area contributed by atoms with Crippen molar-refractivity contribution >= 4 is 39.1 Å². The summed E-state index contributed by atoms with van der Waals surface area (Å²) in [6.45, 7) is 0.447. The van der Waals surface area contributed by atoms with Crippen molar-refractivity contribution in [2.24, 2.45) is 0 Å². The topological polar surface area (TPSA) is 66.5 Å². The summed E-state index contributed by atoms with van der Waals surface area (Å²) in [5.41, 5.74) is 1.77. The van der Waals surface area contributed by atoms with Crippen LogP contribution in [0.2, 0.25) is 10.0 Å². The summed E-state index contributed by atoms with van der Waals surface area (Å²) < 4.78 is 27.2. The Morgan fingerprint density at radius 1 is 0.933 bits per heavy atom. The number of sulfonamides is 1. The Morgan fingerprint density at radius 2 is 1.63 bits per heavy atom. The van der Waals surface area contributed by atoms with Gasteiger partial charge >= 0.3 is 0 Å². The summed E-state index contributed by atoms with van der Waals surface area (Å²) in [6.07, 6.45) is 0. The van der Waals surface area contributed by atoms with Crippen LogP contribution in [0.15, 0.2) is 77.7 Å². The molecule has 0 radical (unpaired) electrons. The van der Waals surface area contributed by atoms with Gasteiger partial charge in [-0.25, -0.2) is 8.42 Å². The number of rotatable bonds is 7. The predicted octanol–water partition coefficient (Wildman–Crippen LogP) is 4.74. The fourth-order valence-corrected chi connectivity index (χ4v) is 4.47. The molecule has 0 saturated carbocycles. The van der Waals surface area contributed by atoms with Gasteiger partial charge in [0.2, 0.25) is 10.0 Å². The number of nitrogens with zero attached hydrogens (tertiary/aromatic N) is 1. The largest absolute Gasteiger partial charge is 0.348 e. The molecule has 0 bridgehead atoms. The SMILES string of the molecule is CN(Cc1ccccc1)S(=O)(=O)c1ccc(Cl)c(C(=O)NCc2cccc(Cl)c2)c1. The maximum Gasteiger partial charge on any atom is 0.253 e. The zero-order chi connectivity index (χ0) is 21.7. The smallest absolute Gasteiger partial charge is 0.253 e. The third kappa shape index (κ3) is 5.40. The molecule has 3 aromatic rings. The highest BCUT2D eigenvalue weighted by atomic mass is 35.5. The lowest BCUT2D eigenvalue weighted by Gasteiger charge is -2.18. The molecule has 3 rings (SSSR count). The van der Waals surface area contributed by atoms with Crippen molar-refractivity contribution in [2.45, 2.75) is 18.0 Å². The van der Waals surface area contributed by atoms with Crippen LogP contribution in [0.4, 0.5) is 0 Å². The zero-order valence-corrected chi connectivity index (χ0v) is 18.5. The summed E-state index contributed by atoms with van der Waals surface area (Å²) in [7, 11) is -2.31. The molecule has 0 saturated heterocycles. The minimum absolute atomic E-state index is 0.00163. The van der Waals surface area contributed by atoms with Gasteiger partial charge in [0.25, 0.3) is 5.91 Å². The Morgan fingerprint density at radius 3 is 2.33 bits per heavy atom. The molecule has 0 aliphatic rings. The van der Waals surface area contributed by atoms with E-state index in [1.165, 1.54) is 29.6 Å². The summed E-state index contributed by atoms with van der Waals surface area (Å²) in [6, 6.07) is 20.5. The molecule has 0 fully saturated rings. The van der Waals surface area contributed by atoms with E-state index < -0.39 is 15.9 Å². The van der Waals surface area contributed by atoms with Gasteiger partial charge in [0.05, 0.1) is 15.5 Å². The third-order valence-corrected chi connectivity index (χ3v) is 6.84. The highest BCUT2D eigenvalue weighted by Crippen LogP contribution is 2.23. The van der Waals surface area contributed by atoms with Crippen molar-refractivity contribution in [3.63, 3.8) is 0 Å². The molecule has 0 heterocycles. The monoisotopic (exact) mass is 462 g/mol. The Bertz CT molecular complexity index is 1150. The first-order valence-corrected chi connectivity index (χ1v) is 11.3. The molecule has 0 spiro atoms. The Hall–Kier alpha value is -2.38. The normalized spacial score (nSPS) is 11.5. The molecule has 3 aromatic carbocycles. The van der Waals surface area contributed by atoms with Crippen molar-refractivity contribution in [2.75, 3.05) is 7.05 Å². The first-order valence-electron chi connectivity index (χ1n) is 9.10. The number of hydrogen-bond donors (Lipinski definition) is 1. The lowest BCUT2D eigenvalue weighted by atomic mass is 10.2. The number of halogens is 2. The molecule has 30 heavy (non-hydrogen) atoms. The predicted molar refractivity (Wildman–Crippen MR) is 119 cm³/mol. The summed E-state index contributed by atoms with van der Waals surface area (Å²) in [5, 5.41) is 3.47. The molecule has 8 heteroatoms. The second-order valence-electron chi connectivity index (χ2n) is 6.70. The number of carbonyl (C=O) groups excluding carboxylic acids is 1. The Kier molecular flexibility index (Phi) is 7.15. The van der Waals surface area contributed by atoms with Crippen molar-refractivity contribution in [1.82, 2.24) is 9.62 Å². The molecule has 0 atom stereocenters. The molecule has 0 aromatic heterocycles. The lowest BCUT2D eigenvalue weighted by Crippen LogP contribution is -2.27. The third-order valence-electron chi connectivity index (χ3n) is 4.48. The van der Waals surface area contributed by atoms with Gasteiger partial charge in [0.15, 0.2) is 0 Å². The standard InChI is InChI=1S/C22H20Cl2N2O3S/c1-26(15-16-6-3-2-4-7-16)30(28,29)19-10-11-21(24)20(13-19)22(27)25-14-17-8-5-9-18(23)12-17/h2-13H,14-15H2,1H3,(H,25,27).